The summed E-state index contributed by atoms with van der Waals surface area (Å²) < 4.78 is 10.9. The number of ether oxygens (including phenoxy) is 2. The third kappa shape index (κ3) is 4.42. The van der Waals surface area contributed by atoms with Crippen molar-refractivity contribution in [1.82, 2.24) is 20.1 Å². The van der Waals surface area contributed by atoms with Crippen molar-refractivity contribution < 1.29 is 14.3 Å². The summed E-state index contributed by atoms with van der Waals surface area (Å²) in [6.45, 7) is 4.89. The van der Waals surface area contributed by atoms with E-state index in [4.69, 9.17) is 9.47 Å². The molecule has 1 saturated heterocycles. The fraction of sp³-hybridized carbons (Fsp3) is 0.304. The summed E-state index contributed by atoms with van der Waals surface area (Å²) in [6.07, 6.45) is 1.63. The van der Waals surface area contributed by atoms with E-state index in [-0.39, 0.29) is 5.91 Å². The molecule has 0 unspecified atom stereocenters. The molecule has 2 aromatic heterocycles. The molecule has 0 spiro atoms. The third-order valence-corrected chi connectivity index (χ3v) is 5.21. The molecule has 0 N–H and O–H groups in total. The molecule has 0 radical (unpaired) electrons. The molecule has 1 fully saturated rings. The van der Waals surface area contributed by atoms with Crippen LogP contribution >= 0.6 is 0 Å². The maximum Gasteiger partial charge on any atom is 0.259 e. The third-order valence-electron chi connectivity index (χ3n) is 5.21. The lowest BCUT2D eigenvalue weighted by molar-refractivity contribution is 0.0741. The summed E-state index contributed by atoms with van der Waals surface area (Å²) in [5.41, 5.74) is 2.16. The topological polar surface area (TPSA) is 80.7 Å². The average Bonchev–Trinajstić information content (AvgIpc) is 2.84. The van der Waals surface area contributed by atoms with E-state index < -0.39 is 0 Å². The van der Waals surface area contributed by atoms with E-state index in [9.17, 15) is 4.79 Å². The molecule has 1 amide bonds. The number of amides is 1. The maximum absolute atomic E-state index is 12.9. The largest absolute Gasteiger partial charge is 0.496 e. The quantitative estimate of drug-likeness (QED) is 0.608. The Morgan fingerprint density at radius 2 is 1.81 bits per heavy atom. The van der Waals surface area contributed by atoms with Gasteiger partial charge in [0.05, 0.1) is 19.4 Å². The first-order valence-corrected chi connectivity index (χ1v) is 10.3. The molecule has 3 heterocycles. The van der Waals surface area contributed by atoms with E-state index in [1.54, 1.807) is 25.4 Å². The fourth-order valence-electron chi connectivity index (χ4n) is 3.61. The van der Waals surface area contributed by atoms with Crippen LogP contribution in [0, 0.1) is 0 Å². The van der Waals surface area contributed by atoms with Crippen LogP contribution in [0.15, 0.2) is 54.7 Å². The van der Waals surface area contributed by atoms with Crippen molar-refractivity contribution in [3.8, 4) is 22.9 Å². The number of hydrogen-bond acceptors (Lipinski definition) is 7. The second-order valence-corrected chi connectivity index (χ2v) is 7.05. The number of carbonyl (C=O) groups is 1. The zero-order valence-corrected chi connectivity index (χ0v) is 17.7. The number of para-hydroxylation sites is 1. The number of benzene rings is 1. The number of hydrogen-bond donors (Lipinski definition) is 0. The van der Waals surface area contributed by atoms with E-state index in [0.717, 1.165) is 22.8 Å². The highest BCUT2D eigenvalue weighted by Gasteiger charge is 2.25. The summed E-state index contributed by atoms with van der Waals surface area (Å²) in [4.78, 5) is 21.1. The van der Waals surface area contributed by atoms with Crippen LogP contribution in [0.4, 0.5) is 5.82 Å². The number of piperazine rings is 1. The number of nitrogens with zero attached hydrogens (tertiary/aromatic N) is 5. The highest BCUT2D eigenvalue weighted by atomic mass is 16.5. The molecule has 0 atom stereocenters. The van der Waals surface area contributed by atoms with Crippen LogP contribution in [-0.2, 0) is 0 Å². The highest BCUT2D eigenvalue weighted by Crippen LogP contribution is 2.28. The van der Waals surface area contributed by atoms with Gasteiger partial charge in [0.15, 0.2) is 5.82 Å². The monoisotopic (exact) mass is 419 g/mol. The van der Waals surface area contributed by atoms with Crippen molar-refractivity contribution in [2.45, 2.75) is 6.92 Å². The van der Waals surface area contributed by atoms with E-state index >= 15 is 0 Å². The van der Waals surface area contributed by atoms with Crippen molar-refractivity contribution in [1.29, 1.82) is 0 Å². The van der Waals surface area contributed by atoms with E-state index in [1.165, 1.54) is 0 Å². The van der Waals surface area contributed by atoms with Gasteiger partial charge in [-0.15, -0.1) is 10.2 Å². The molecule has 1 aliphatic rings. The molecular formula is C23H25N5O3. The maximum atomic E-state index is 12.9. The Hall–Kier alpha value is -3.68. The van der Waals surface area contributed by atoms with Crippen LogP contribution < -0.4 is 14.4 Å². The van der Waals surface area contributed by atoms with Gasteiger partial charge in [-0.25, -0.2) is 4.98 Å². The lowest BCUT2D eigenvalue weighted by Gasteiger charge is -2.35. The van der Waals surface area contributed by atoms with Crippen LogP contribution in [0.1, 0.15) is 17.3 Å². The smallest absolute Gasteiger partial charge is 0.259 e. The van der Waals surface area contributed by atoms with Crippen LogP contribution in [-0.4, -0.2) is 65.9 Å². The Balaban J connectivity index is 1.42. The summed E-state index contributed by atoms with van der Waals surface area (Å²) in [7, 11) is 1.64. The van der Waals surface area contributed by atoms with Gasteiger partial charge in [-0.3, -0.25) is 4.79 Å². The standard InChI is InChI=1S/C23H25N5O3/c1-3-31-22-18(8-6-12-24-22)23(29)28-15-13-27(14-16-28)21-11-10-19(25-26-21)17-7-4-5-9-20(17)30-2/h4-12H,3,13-16H2,1-2H3. The van der Waals surface area contributed by atoms with Gasteiger partial charge in [0.25, 0.3) is 5.91 Å². The number of pyridine rings is 1. The number of rotatable bonds is 6. The molecule has 160 valence electrons. The van der Waals surface area contributed by atoms with Crippen molar-refractivity contribution in [3.63, 3.8) is 0 Å². The average molecular weight is 419 g/mol. The Morgan fingerprint density at radius 1 is 1.00 bits per heavy atom. The number of aromatic nitrogens is 3. The molecule has 31 heavy (non-hydrogen) atoms. The van der Waals surface area contributed by atoms with Crippen molar-refractivity contribution >= 4 is 11.7 Å². The zero-order chi connectivity index (χ0) is 21.6. The minimum atomic E-state index is -0.0613. The van der Waals surface area contributed by atoms with Crippen LogP contribution in [0.5, 0.6) is 11.6 Å². The molecule has 8 nitrogen and oxygen atoms in total. The van der Waals surface area contributed by atoms with Crippen molar-refractivity contribution in [2.24, 2.45) is 0 Å². The highest BCUT2D eigenvalue weighted by molar-refractivity contribution is 5.96. The van der Waals surface area contributed by atoms with Gasteiger partial charge in [0.1, 0.15) is 11.3 Å². The Bertz CT molecular complexity index is 1030. The minimum Gasteiger partial charge on any atom is -0.496 e. The molecule has 1 aromatic carbocycles. The first-order chi connectivity index (χ1) is 15.2. The summed E-state index contributed by atoms with van der Waals surface area (Å²) in [6, 6.07) is 15.2. The molecule has 4 rings (SSSR count). The number of anilines is 1. The molecular weight excluding hydrogens is 394 g/mol. The Morgan fingerprint density at radius 3 is 2.52 bits per heavy atom. The van der Waals surface area contributed by atoms with Crippen LogP contribution in [0.3, 0.4) is 0 Å². The SMILES string of the molecule is CCOc1ncccc1C(=O)N1CCN(c2ccc(-c3ccccc3OC)nn2)CC1. The first-order valence-electron chi connectivity index (χ1n) is 10.3. The number of carbonyl (C=O) groups excluding carboxylic acids is 1. The predicted molar refractivity (Wildman–Crippen MR) is 118 cm³/mol. The molecule has 3 aromatic rings. The van der Waals surface area contributed by atoms with Gasteiger partial charge >= 0.3 is 0 Å². The van der Waals surface area contributed by atoms with Gasteiger partial charge < -0.3 is 19.3 Å². The van der Waals surface area contributed by atoms with Gasteiger partial charge in [-0.1, -0.05) is 12.1 Å². The minimum absolute atomic E-state index is 0.0613. The second-order valence-electron chi connectivity index (χ2n) is 7.05. The lowest BCUT2D eigenvalue weighted by Crippen LogP contribution is -2.49. The molecule has 8 heteroatoms. The Kier molecular flexibility index (Phi) is 6.26. The summed E-state index contributed by atoms with van der Waals surface area (Å²) >= 11 is 0. The van der Waals surface area contributed by atoms with Crippen molar-refractivity contribution in [3.05, 3.63) is 60.3 Å². The molecule has 1 aliphatic heterocycles. The molecule has 0 saturated carbocycles. The molecule has 0 aliphatic carbocycles. The first kappa shape index (κ1) is 20.6. The van der Waals surface area contributed by atoms with E-state index in [0.29, 0.717) is 44.2 Å². The lowest BCUT2D eigenvalue weighted by atomic mass is 10.1. The Labute approximate surface area is 181 Å². The normalized spacial score (nSPS) is 13.7. The van der Waals surface area contributed by atoms with Crippen LogP contribution in [0.2, 0.25) is 0 Å². The summed E-state index contributed by atoms with van der Waals surface area (Å²) in [5, 5.41) is 8.80. The van der Waals surface area contributed by atoms with Crippen LogP contribution in [0.25, 0.3) is 11.3 Å². The van der Waals surface area contributed by atoms with Gasteiger partial charge in [0, 0.05) is 37.9 Å². The van der Waals surface area contributed by atoms with Gasteiger partial charge in [0.2, 0.25) is 5.88 Å². The molecule has 0 bridgehead atoms. The van der Waals surface area contributed by atoms with Crippen molar-refractivity contribution in [2.75, 3.05) is 44.8 Å². The van der Waals surface area contributed by atoms with Gasteiger partial charge in [-0.2, -0.15) is 0 Å². The summed E-state index contributed by atoms with van der Waals surface area (Å²) in [5.74, 6) is 1.88. The second kappa shape index (κ2) is 9.42. The van der Waals surface area contributed by atoms with Gasteiger partial charge in [-0.05, 0) is 43.3 Å². The zero-order valence-electron chi connectivity index (χ0n) is 17.7. The van der Waals surface area contributed by atoms with E-state index in [2.05, 4.69) is 20.1 Å². The number of methoxy groups -OCH3 is 1. The van der Waals surface area contributed by atoms with E-state index in [1.807, 2.05) is 48.2 Å². The fourth-order valence-corrected chi connectivity index (χ4v) is 3.61. The predicted octanol–water partition coefficient (Wildman–Crippen LogP) is 2.91.